The highest BCUT2D eigenvalue weighted by Gasteiger charge is 2.08. The third-order valence-electron chi connectivity index (χ3n) is 3.09. The van der Waals surface area contributed by atoms with Gasteiger partial charge in [0.25, 0.3) is 0 Å². The lowest BCUT2D eigenvalue weighted by molar-refractivity contribution is -0.117. The first-order valence-corrected chi connectivity index (χ1v) is 7.14. The van der Waals surface area contributed by atoms with Gasteiger partial charge < -0.3 is 0 Å². The normalized spacial score (nSPS) is 10.6. The molecule has 1 aromatic heterocycles. The monoisotopic (exact) mass is 258 g/mol. The van der Waals surface area contributed by atoms with E-state index in [-0.39, 0.29) is 0 Å². The van der Waals surface area contributed by atoms with Crippen LogP contribution in [0.1, 0.15) is 27.8 Å². The van der Waals surface area contributed by atoms with Crippen molar-refractivity contribution in [3.8, 4) is 0 Å². The molecule has 18 heavy (non-hydrogen) atoms. The fourth-order valence-corrected chi connectivity index (χ4v) is 2.97. The predicted molar refractivity (Wildman–Crippen MR) is 77.3 cm³/mol. The number of ketones is 1. The average molecular weight is 258 g/mol. The van der Waals surface area contributed by atoms with Crippen LogP contribution in [0, 0.1) is 6.92 Å². The van der Waals surface area contributed by atoms with Gasteiger partial charge in [-0.3, -0.25) is 4.79 Å². The van der Waals surface area contributed by atoms with Crippen LogP contribution in [0.25, 0.3) is 0 Å². The van der Waals surface area contributed by atoms with Gasteiger partial charge in [-0.2, -0.15) is 0 Å². The second-order valence-corrected chi connectivity index (χ2v) is 5.79. The Morgan fingerprint density at radius 1 is 1.06 bits per heavy atom. The molecule has 0 N–H and O–H groups in total. The van der Waals surface area contributed by atoms with Gasteiger partial charge in [0.15, 0.2) is 0 Å². The highest BCUT2D eigenvalue weighted by Crippen LogP contribution is 2.18. The number of carbonyl (C=O) groups excluding carboxylic acids is 1. The van der Waals surface area contributed by atoms with E-state index < -0.39 is 0 Å². The molecule has 1 heterocycles. The zero-order valence-electron chi connectivity index (χ0n) is 10.9. The van der Waals surface area contributed by atoms with Crippen molar-refractivity contribution < 1.29 is 4.79 Å². The second kappa shape index (κ2) is 5.96. The van der Waals surface area contributed by atoms with Crippen LogP contribution in [-0.2, 0) is 24.1 Å². The molecule has 2 rings (SSSR count). The minimum atomic E-state index is 0.300. The lowest BCUT2D eigenvalue weighted by Gasteiger charge is -2.03. The van der Waals surface area contributed by atoms with Crippen molar-refractivity contribution in [1.82, 2.24) is 0 Å². The Morgan fingerprint density at radius 2 is 1.78 bits per heavy atom. The Balaban J connectivity index is 1.99. The molecule has 2 aromatic rings. The number of carbonyl (C=O) groups is 1. The molecule has 0 aliphatic heterocycles. The van der Waals surface area contributed by atoms with Gasteiger partial charge in [0, 0.05) is 22.6 Å². The molecule has 0 aliphatic carbocycles. The summed E-state index contributed by atoms with van der Waals surface area (Å²) >= 11 is 1.76. The van der Waals surface area contributed by atoms with Crippen molar-refractivity contribution in [2.24, 2.45) is 0 Å². The Labute approximate surface area is 112 Å². The average Bonchev–Trinajstić information content (AvgIpc) is 2.80. The number of aryl methyl sites for hydroxylation is 2. The number of Topliss-reactive ketones (excluding diaryl/α,β-unsaturated/α-hetero) is 1. The minimum Gasteiger partial charge on any atom is -0.299 e. The van der Waals surface area contributed by atoms with Gasteiger partial charge >= 0.3 is 0 Å². The Bertz CT molecular complexity index is 540. The molecule has 0 spiro atoms. The summed E-state index contributed by atoms with van der Waals surface area (Å²) in [6.07, 6.45) is 2.17. The van der Waals surface area contributed by atoms with E-state index in [1.807, 2.05) is 18.2 Å². The minimum absolute atomic E-state index is 0.300. The van der Waals surface area contributed by atoms with Crippen molar-refractivity contribution in [3.05, 3.63) is 57.3 Å². The number of hydrogen-bond donors (Lipinski definition) is 0. The molecule has 0 atom stereocenters. The summed E-state index contributed by atoms with van der Waals surface area (Å²) in [5, 5.41) is 0. The van der Waals surface area contributed by atoms with Crippen LogP contribution in [0.2, 0.25) is 0 Å². The van der Waals surface area contributed by atoms with Crippen LogP contribution < -0.4 is 0 Å². The van der Waals surface area contributed by atoms with Gasteiger partial charge in [0.1, 0.15) is 5.78 Å². The molecule has 0 bridgehead atoms. The van der Waals surface area contributed by atoms with E-state index in [1.54, 1.807) is 11.3 Å². The van der Waals surface area contributed by atoms with Crippen molar-refractivity contribution in [2.75, 3.05) is 0 Å². The lowest BCUT2D eigenvalue weighted by atomic mass is 10.0. The lowest BCUT2D eigenvalue weighted by Crippen LogP contribution is -2.06. The van der Waals surface area contributed by atoms with E-state index in [0.717, 1.165) is 12.0 Å². The van der Waals surface area contributed by atoms with E-state index in [9.17, 15) is 4.79 Å². The number of thiophene rings is 1. The van der Waals surface area contributed by atoms with Gasteiger partial charge in [0.2, 0.25) is 0 Å². The maximum Gasteiger partial charge on any atom is 0.142 e. The molecule has 0 saturated carbocycles. The molecule has 0 amide bonds. The maximum atomic E-state index is 12.0. The fourth-order valence-electron chi connectivity index (χ4n) is 1.99. The highest BCUT2D eigenvalue weighted by atomic mass is 32.1. The van der Waals surface area contributed by atoms with Crippen LogP contribution in [0.3, 0.4) is 0 Å². The van der Waals surface area contributed by atoms with Gasteiger partial charge in [-0.05, 0) is 36.6 Å². The number of hydrogen-bond acceptors (Lipinski definition) is 2. The van der Waals surface area contributed by atoms with E-state index in [2.05, 4.69) is 32.0 Å². The summed E-state index contributed by atoms with van der Waals surface area (Å²) in [5.74, 6) is 0.300. The van der Waals surface area contributed by atoms with E-state index in [0.29, 0.717) is 18.6 Å². The highest BCUT2D eigenvalue weighted by molar-refractivity contribution is 7.12. The zero-order chi connectivity index (χ0) is 13.0. The molecule has 1 aromatic carbocycles. The van der Waals surface area contributed by atoms with Gasteiger partial charge in [-0.15, -0.1) is 11.3 Å². The Kier molecular flexibility index (Phi) is 4.32. The third kappa shape index (κ3) is 3.30. The first-order valence-electron chi connectivity index (χ1n) is 6.33. The SMILES string of the molecule is CCc1ccc(CC(=O)Cc2ccccc2C)s1. The van der Waals surface area contributed by atoms with E-state index in [4.69, 9.17) is 0 Å². The molecule has 0 radical (unpaired) electrons. The van der Waals surface area contributed by atoms with E-state index in [1.165, 1.54) is 15.3 Å². The summed E-state index contributed by atoms with van der Waals surface area (Å²) in [7, 11) is 0. The van der Waals surface area contributed by atoms with Crippen LogP contribution in [-0.4, -0.2) is 5.78 Å². The fraction of sp³-hybridized carbons (Fsp3) is 0.312. The molecule has 0 saturated heterocycles. The molecule has 94 valence electrons. The van der Waals surface area contributed by atoms with Crippen molar-refractivity contribution >= 4 is 17.1 Å². The van der Waals surface area contributed by atoms with E-state index >= 15 is 0 Å². The summed E-state index contributed by atoms with van der Waals surface area (Å²) in [4.78, 5) is 14.6. The van der Waals surface area contributed by atoms with Crippen LogP contribution >= 0.6 is 11.3 Å². The maximum absolute atomic E-state index is 12.0. The standard InChI is InChI=1S/C16H18OS/c1-3-15-8-9-16(18-15)11-14(17)10-13-7-5-4-6-12(13)2/h4-9H,3,10-11H2,1-2H3. The Hall–Kier alpha value is -1.41. The smallest absolute Gasteiger partial charge is 0.142 e. The van der Waals surface area contributed by atoms with Gasteiger partial charge in [0.05, 0.1) is 0 Å². The van der Waals surface area contributed by atoms with Crippen molar-refractivity contribution in [1.29, 1.82) is 0 Å². The zero-order valence-corrected chi connectivity index (χ0v) is 11.7. The van der Waals surface area contributed by atoms with Crippen LogP contribution in [0.4, 0.5) is 0 Å². The molecular weight excluding hydrogens is 240 g/mol. The summed E-state index contributed by atoms with van der Waals surface area (Å²) in [6, 6.07) is 12.3. The molecule has 1 nitrogen and oxygen atoms in total. The quantitative estimate of drug-likeness (QED) is 0.793. The van der Waals surface area contributed by atoms with Crippen LogP contribution in [0.5, 0.6) is 0 Å². The molecular formula is C16H18OS. The summed E-state index contributed by atoms with van der Waals surface area (Å²) < 4.78 is 0. The molecule has 2 heteroatoms. The summed E-state index contributed by atoms with van der Waals surface area (Å²) in [5.41, 5.74) is 2.35. The first kappa shape index (κ1) is 13.0. The third-order valence-corrected chi connectivity index (χ3v) is 4.32. The molecule has 0 aliphatic rings. The van der Waals surface area contributed by atoms with Crippen molar-refractivity contribution in [3.63, 3.8) is 0 Å². The van der Waals surface area contributed by atoms with Crippen molar-refractivity contribution in [2.45, 2.75) is 33.1 Å². The predicted octanol–water partition coefficient (Wildman–Crippen LogP) is 3.97. The van der Waals surface area contributed by atoms with Gasteiger partial charge in [-0.1, -0.05) is 31.2 Å². The number of rotatable bonds is 5. The first-order chi connectivity index (χ1) is 8.69. The largest absolute Gasteiger partial charge is 0.299 e. The molecule has 0 fully saturated rings. The molecule has 0 unspecified atom stereocenters. The number of benzene rings is 1. The van der Waals surface area contributed by atoms with Crippen LogP contribution in [0.15, 0.2) is 36.4 Å². The second-order valence-electron chi connectivity index (χ2n) is 4.54. The topological polar surface area (TPSA) is 17.1 Å². The van der Waals surface area contributed by atoms with Gasteiger partial charge in [-0.25, -0.2) is 0 Å². The Morgan fingerprint density at radius 3 is 2.44 bits per heavy atom. The summed E-state index contributed by atoms with van der Waals surface area (Å²) in [6.45, 7) is 4.20.